The predicted octanol–water partition coefficient (Wildman–Crippen LogP) is 5.81. The van der Waals surface area contributed by atoms with Gasteiger partial charge in [-0.05, 0) is 47.8 Å². The number of carbonyl (C=O) groups is 1. The van der Waals surface area contributed by atoms with Crippen LogP contribution in [0.25, 0.3) is 11.1 Å². The van der Waals surface area contributed by atoms with Crippen LogP contribution in [-0.2, 0) is 22.6 Å². The fourth-order valence-electron chi connectivity index (χ4n) is 2.36. The van der Waals surface area contributed by atoms with E-state index in [2.05, 4.69) is 9.11 Å². The van der Waals surface area contributed by atoms with E-state index < -0.39 is 17.5 Å². The highest BCUT2D eigenvalue weighted by Gasteiger charge is 2.17. The number of rotatable bonds is 6. The summed E-state index contributed by atoms with van der Waals surface area (Å²) in [5.74, 6) is -1.42. The van der Waals surface area contributed by atoms with E-state index in [4.69, 9.17) is 21.1 Å². The molecule has 3 aromatic rings. The molecule has 3 rings (SSSR count). The Morgan fingerprint density at radius 2 is 1.76 bits per heavy atom. The molecule has 0 amide bonds. The van der Waals surface area contributed by atoms with Gasteiger partial charge in [0.15, 0.2) is 0 Å². The maximum absolute atomic E-state index is 14.3. The molecule has 0 radical (unpaired) electrons. The summed E-state index contributed by atoms with van der Waals surface area (Å²) in [4.78, 5) is 8.95. The van der Waals surface area contributed by atoms with E-state index >= 15 is 0 Å². The van der Waals surface area contributed by atoms with E-state index in [1.54, 1.807) is 18.4 Å². The van der Waals surface area contributed by atoms with Gasteiger partial charge in [0.1, 0.15) is 24.1 Å². The molecule has 1 aromatic heterocycles. The van der Waals surface area contributed by atoms with E-state index in [1.165, 1.54) is 25.3 Å². The van der Waals surface area contributed by atoms with Crippen LogP contribution in [0.2, 0.25) is 5.02 Å². The van der Waals surface area contributed by atoms with Gasteiger partial charge in [0.2, 0.25) is 5.88 Å². The van der Waals surface area contributed by atoms with Crippen molar-refractivity contribution in [1.29, 1.82) is 0 Å². The molecule has 9 heteroatoms. The molecule has 0 aliphatic carbocycles. The van der Waals surface area contributed by atoms with Gasteiger partial charge >= 0.3 is 0 Å². The summed E-state index contributed by atoms with van der Waals surface area (Å²) in [6.07, 6.45) is 0.393. The van der Waals surface area contributed by atoms with Crippen LogP contribution in [0.4, 0.5) is 13.2 Å². The van der Waals surface area contributed by atoms with Crippen LogP contribution >= 0.6 is 23.1 Å². The number of methoxy groups -OCH3 is 1. The van der Waals surface area contributed by atoms with Gasteiger partial charge in [0.05, 0.1) is 12.7 Å². The zero-order valence-corrected chi connectivity index (χ0v) is 17.1. The third kappa shape index (κ3) is 5.95. The third-order valence-electron chi connectivity index (χ3n) is 3.82. The van der Waals surface area contributed by atoms with Crippen LogP contribution in [-0.4, -0.2) is 18.0 Å². The van der Waals surface area contributed by atoms with Crippen molar-refractivity contribution in [3.05, 3.63) is 69.3 Å². The smallest absolute Gasteiger partial charge is 0.292 e. The fourth-order valence-corrected chi connectivity index (χ4v) is 3.15. The van der Waals surface area contributed by atoms with E-state index in [9.17, 15) is 13.2 Å². The largest absolute Gasteiger partial charge is 0.472 e. The lowest BCUT2D eigenvalue weighted by Gasteiger charge is -2.09. The van der Waals surface area contributed by atoms with Crippen molar-refractivity contribution < 1.29 is 27.4 Å². The second-order valence-corrected chi connectivity index (χ2v) is 6.73. The Morgan fingerprint density at radius 3 is 2.38 bits per heavy atom. The molecule has 0 aliphatic rings. The molecule has 0 unspecified atom stereocenters. The Morgan fingerprint density at radius 1 is 1.07 bits per heavy atom. The van der Waals surface area contributed by atoms with Gasteiger partial charge in [0.25, 0.3) is 6.47 Å². The molecule has 0 atom stereocenters. The first-order valence-corrected chi connectivity index (χ1v) is 9.58. The van der Waals surface area contributed by atoms with Gasteiger partial charge in [-0.2, -0.15) is 4.37 Å². The minimum absolute atomic E-state index is 0.0648. The van der Waals surface area contributed by atoms with Crippen LogP contribution in [0, 0.1) is 17.5 Å². The quantitative estimate of drug-likeness (QED) is 0.451. The summed E-state index contributed by atoms with van der Waals surface area (Å²) < 4.78 is 55.6. The van der Waals surface area contributed by atoms with Crippen molar-refractivity contribution in [1.82, 2.24) is 4.37 Å². The number of ether oxygens (including phenoxy) is 2. The first kappa shape index (κ1) is 22.7. The van der Waals surface area contributed by atoms with Crippen molar-refractivity contribution in [2.24, 2.45) is 0 Å². The zero-order chi connectivity index (χ0) is 21.4. The second kappa shape index (κ2) is 10.8. The monoisotopic (exact) mass is 443 g/mol. The summed E-state index contributed by atoms with van der Waals surface area (Å²) in [6.45, 7) is 2.02. The SMILES string of the molecule is CCc1cc(F)c(-c2csnc2OCc2ccc(Cl)cc2F)cc1F.COC=O. The van der Waals surface area contributed by atoms with Crippen LogP contribution in [0.1, 0.15) is 18.1 Å². The second-order valence-electron chi connectivity index (χ2n) is 5.67. The number of carbonyl (C=O) groups excluding carboxylic acids is 1. The van der Waals surface area contributed by atoms with Crippen molar-refractivity contribution in [3.8, 4) is 17.0 Å². The molecule has 0 N–H and O–H groups in total. The number of hydrogen-bond donors (Lipinski definition) is 0. The molecule has 4 nitrogen and oxygen atoms in total. The number of hydrogen-bond acceptors (Lipinski definition) is 5. The first-order chi connectivity index (χ1) is 13.9. The lowest BCUT2D eigenvalue weighted by atomic mass is 10.0. The summed E-state index contributed by atoms with van der Waals surface area (Å²) in [5.41, 5.74) is 0.986. The fraction of sp³-hybridized carbons (Fsp3) is 0.200. The average molecular weight is 444 g/mol. The molecule has 0 fully saturated rings. The average Bonchev–Trinajstić information content (AvgIpc) is 3.17. The highest BCUT2D eigenvalue weighted by atomic mass is 35.5. The molecule has 1 heterocycles. The zero-order valence-electron chi connectivity index (χ0n) is 15.5. The number of halogens is 4. The maximum Gasteiger partial charge on any atom is 0.292 e. The number of nitrogens with zero attached hydrogens (tertiary/aromatic N) is 1. The molecule has 0 bridgehead atoms. The van der Waals surface area contributed by atoms with Crippen molar-refractivity contribution in [2.45, 2.75) is 20.0 Å². The van der Waals surface area contributed by atoms with Gasteiger partial charge in [-0.1, -0.05) is 24.6 Å². The molecule has 154 valence electrons. The molecule has 0 spiro atoms. The summed E-state index contributed by atoms with van der Waals surface area (Å²) >= 11 is 6.76. The normalized spacial score (nSPS) is 10.1. The number of aryl methyl sites for hydroxylation is 1. The Hall–Kier alpha value is -2.58. The van der Waals surface area contributed by atoms with Crippen LogP contribution in [0.3, 0.4) is 0 Å². The summed E-state index contributed by atoms with van der Waals surface area (Å²) in [5, 5.41) is 1.85. The van der Waals surface area contributed by atoms with Gasteiger partial charge in [-0.15, -0.1) is 0 Å². The predicted molar refractivity (Wildman–Crippen MR) is 106 cm³/mol. The van der Waals surface area contributed by atoms with Gasteiger partial charge in [-0.25, -0.2) is 13.2 Å². The standard InChI is InChI=1S/C18H13ClF3NOS.C2H4O2/c1-2-10-5-17(22)13(7-16(10)21)14-9-25-23-18(14)24-8-11-3-4-12(19)6-15(11)20;1-4-2-3/h3-7,9H,2,8H2,1H3;2H,1H3. The van der Waals surface area contributed by atoms with E-state index in [0.717, 1.165) is 17.6 Å². The molecular weight excluding hydrogens is 427 g/mol. The van der Waals surface area contributed by atoms with Gasteiger partial charge < -0.3 is 9.47 Å². The van der Waals surface area contributed by atoms with E-state index in [1.807, 2.05) is 0 Å². The summed E-state index contributed by atoms with van der Waals surface area (Å²) in [6, 6.07) is 6.53. The molecule has 0 saturated carbocycles. The van der Waals surface area contributed by atoms with Crippen molar-refractivity contribution >= 4 is 29.6 Å². The van der Waals surface area contributed by atoms with Crippen LogP contribution < -0.4 is 4.74 Å². The van der Waals surface area contributed by atoms with E-state index in [-0.39, 0.29) is 28.6 Å². The first-order valence-electron chi connectivity index (χ1n) is 8.37. The summed E-state index contributed by atoms with van der Waals surface area (Å²) in [7, 11) is 1.31. The van der Waals surface area contributed by atoms with Gasteiger partial charge in [-0.3, -0.25) is 4.79 Å². The van der Waals surface area contributed by atoms with Crippen molar-refractivity contribution in [2.75, 3.05) is 7.11 Å². The molecule has 0 aliphatic heterocycles. The Kier molecular flexibility index (Phi) is 8.48. The van der Waals surface area contributed by atoms with Gasteiger partial charge in [0, 0.05) is 21.5 Å². The number of aromatic nitrogens is 1. The maximum atomic E-state index is 14.3. The highest BCUT2D eigenvalue weighted by molar-refractivity contribution is 7.04. The molecule has 29 heavy (non-hydrogen) atoms. The third-order valence-corrected chi connectivity index (χ3v) is 4.67. The molecule has 0 saturated heterocycles. The topological polar surface area (TPSA) is 48.4 Å². The lowest BCUT2D eigenvalue weighted by Crippen LogP contribution is -2.00. The van der Waals surface area contributed by atoms with Crippen LogP contribution in [0.5, 0.6) is 5.88 Å². The van der Waals surface area contributed by atoms with E-state index in [0.29, 0.717) is 24.0 Å². The number of benzene rings is 2. The Balaban J connectivity index is 0.000000687. The van der Waals surface area contributed by atoms with Crippen molar-refractivity contribution in [3.63, 3.8) is 0 Å². The highest BCUT2D eigenvalue weighted by Crippen LogP contribution is 2.34. The molecule has 2 aromatic carbocycles. The molecular formula is C20H17ClF3NO3S. The lowest BCUT2D eigenvalue weighted by molar-refractivity contribution is -0.126. The Labute approximate surface area is 175 Å². The Bertz CT molecular complexity index is 982. The van der Waals surface area contributed by atoms with Crippen LogP contribution in [0.15, 0.2) is 35.7 Å². The minimum Gasteiger partial charge on any atom is -0.472 e. The minimum atomic E-state index is -0.555.